The van der Waals surface area contributed by atoms with Crippen LogP contribution < -0.4 is 5.32 Å². The maximum Gasteiger partial charge on any atom is 0.416 e. The second-order valence-corrected chi connectivity index (χ2v) is 4.98. The second-order valence-electron chi connectivity index (χ2n) is 3.84. The predicted molar refractivity (Wildman–Crippen MR) is 73.0 cm³/mol. The lowest BCUT2D eigenvalue weighted by molar-refractivity contribution is -0.137. The van der Waals surface area contributed by atoms with E-state index in [4.69, 9.17) is 34.8 Å². The molecule has 2 rings (SSSR count). The molecule has 0 fully saturated rings. The summed E-state index contributed by atoms with van der Waals surface area (Å²) < 4.78 is 37.5. The minimum Gasteiger partial charge on any atom is -0.324 e. The first-order chi connectivity index (χ1) is 9.68. The average Bonchev–Trinajstić information content (AvgIpc) is 2.71. The molecule has 1 aromatic heterocycles. The van der Waals surface area contributed by atoms with Gasteiger partial charge in [0.25, 0.3) is 5.91 Å². The number of hydrogen-bond donors (Lipinski definition) is 2. The second kappa shape index (κ2) is 5.75. The van der Waals surface area contributed by atoms with Crippen molar-refractivity contribution in [1.82, 2.24) is 9.97 Å². The van der Waals surface area contributed by atoms with Gasteiger partial charge in [-0.1, -0.05) is 34.8 Å². The Morgan fingerprint density at radius 1 is 1.24 bits per heavy atom. The lowest BCUT2D eigenvalue weighted by Crippen LogP contribution is -2.14. The first-order valence-corrected chi connectivity index (χ1v) is 6.41. The average molecular weight is 359 g/mol. The van der Waals surface area contributed by atoms with E-state index >= 15 is 0 Å². The molecule has 1 heterocycles. The molecule has 4 nitrogen and oxygen atoms in total. The highest BCUT2D eigenvalue weighted by Gasteiger charge is 2.31. The van der Waals surface area contributed by atoms with E-state index in [0.29, 0.717) is 6.07 Å². The van der Waals surface area contributed by atoms with E-state index in [1.165, 1.54) is 0 Å². The molecular weight excluding hydrogens is 353 g/mol. The summed E-state index contributed by atoms with van der Waals surface area (Å²) in [6, 6.07) is 2.54. The molecule has 0 saturated heterocycles. The fourth-order valence-corrected chi connectivity index (χ4v) is 1.90. The zero-order valence-corrected chi connectivity index (χ0v) is 12.1. The molecule has 10 heteroatoms. The van der Waals surface area contributed by atoms with Crippen LogP contribution in [0.2, 0.25) is 15.3 Å². The van der Waals surface area contributed by atoms with Crippen LogP contribution in [0.3, 0.4) is 0 Å². The predicted octanol–water partition coefficient (Wildman–Crippen LogP) is 4.64. The van der Waals surface area contributed by atoms with Crippen LogP contribution in [0.1, 0.15) is 16.2 Å². The number of halogens is 6. The Morgan fingerprint density at radius 3 is 2.38 bits per heavy atom. The number of anilines is 1. The van der Waals surface area contributed by atoms with Crippen LogP contribution in [-0.2, 0) is 6.18 Å². The largest absolute Gasteiger partial charge is 0.416 e. The number of H-pyrrole nitrogens is 1. The number of hydrogen-bond acceptors (Lipinski definition) is 2. The molecule has 0 saturated carbocycles. The molecular formula is C11H5Cl3F3N3O. The number of nitrogens with zero attached hydrogens (tertiary/aromatic N) is 1. The summed E-state index contributed by atoms with van der Waals surface area (Å²) in [5.74, 6) is -0.938. The third-order valence-electron chi connectivity index (χ3n) is 2.38. The lowest BCUT2D eigenvalue weighted by atomic mass is 10.2. The minimum absolute atomic E-state index is 0.00156. The van der Waals surface area contributed by atoms with Crippen LogP contribution in [0.15, 0.2) is 18.2 Å². The minimum atomic E-state index is -4.52. The van der Waals surface area contributed by atoms with Gasteiger partial charge in [-0.15, -0.1) is 0 Å². The zero-order valence-electron chi connectivity index (χ0n) is 9.86. The van der Waals surface area contributed by atoms with Crippen molar-refractivity contribution in [3.8, 4) is 0 Å². The summed E-state index contributed by atoms with van der Waals surface area (Å²) >= 11 is 16.9. The number of rotatable bonds is 2. The highest BCUT2D eigenvalue weighted by molar-refractivity contribution is 6.40. The molecule has 0 aliphatic rings. The summed E-state index contributed by atoms with van der Waals surface area (Å²) in [6.07, 6.45) is -4.52. The van der Waals surface area contributed by atoms with Crippen molar-refractivity contribution in [2.45, 2.75) is 6.18 Å². The molecule has 112 valence electrons. The Labute approximate surface area is 131 Å². The first kappa shape index (κ1) is 15.9. The molecule has 0 aliphatic heterocycles. The van der Waals surface area contributed by atoms with E-state index in [9.17, 15) is 18.0 Å². The third kappa shape index (κ3) is 3.61. The van der Waals surface area contributed by atoms with Crippen molar-refractivity contribution in [2.75, 3.05) is 5.32 Å². The fraction of sp³-hybridized carbons (Fsp3) is 0.0909. The molecule has 2 aromatic rings. The number of imidazole rings is 1. The van der Waals surface area contributed by atoms with Crippen molar-refractivity contribution >= 4 is 46.4 Å². The quantitative estimate of drug-likeness (QED) is 0.821. The van der Waals surface area contributed by atoms with Gasteiger partial charge in [0.1, 0.15) is 5.15 Å². The van der Waals surface area contributed by atoms with Gasteiger partial charge in [0.2, 0.25) is 0 Å². The van der Waals surface area contributed by atoms with Gasteiger partial charge in [-0.2, -0.15) is 13.2 Å². The lowest BCUT2D eigenvalue weighted by Gasteiger charge is -2.10. The topological polar surface area (TPSA) is 57.8 Å². The van der Waals surface area contributed by atoms with E-state index in [-0.39, 0.29) is 26.8 Å². The molecule has 0 radical (unpaired) electrons. The maximum absolute atomic E-state index is 12.5. The van der Waals surface area contributed by atoms with Crippen molar-refractivity contribution < 1.29 is 18.0 Å². The number of aromatic nitrogens is 2. The van der Waals surface area contributed by atoms with Gasteiger partial charge in [0, 0.05) is 0 Å². The number of benzene rings is 1. The Kier molecular flexibility index (Phi) is 4.36. The summed E-state index contributed by atoms with van der Waals surface area (Å²) in [5.41, 5.74) is -0.923. The maximum atomic E-state index is 12.5. The SMILES string of the molecule is O=C(Nc1ccc(C(F)(F)F)cc1Cl)c1nc(Cl)c(Cl)[nH]1. The van der Waals surface area contributed by atoms with Crippen LogP contribution in [0.5, 0.6) is 0 Å². The smallest absolute Gasteiger partial charge is 0.324 e. The zero-order chi connectivity index (χ0) is 15.8. The van der Waals surface area contributed by atoms with E-state index in [2.05, 4.69) is 15.3 Å². The van der Waals surface area contributed by atoms with E-state index in [0.717, 1.165) is 12.1 Å². The van der Waals surface area contributed by atoms with Crippen LogP contribution in [-0.4, -0.2) is 15.9 Å². The molecule has 2 N–H and O–H groups in total. The van der Waals surface area contributed by atoms with Crippen molar-refractivity contribution in [1.29, 1.82) is 0 Å². The van der Waals surface area contributed by atoms with Crippen molar-refractivity contribution in [2.24, 2.45) is 0 Å². The molecule has 0 atom stereocenters. The van der Waals surface area contributed by atoms with Gasteiger partial charge in [-0.25, -0.2) is 4.98 Å². The normalized spacial score (nSPS) is 11.5. The summed E-state index contributed by atoms with van der Waals surface area (Å²) in [7, 11) is 0. The number of amides is 1. The Balaban J connectivity index is 2.22. The summed E-state index contributed by atoms with van der Waals surface area (Å²) in [5, 5.41) is 1.91. The molecule has 21 heavy (non-hydrogen) atoms. The van der Waals surface area contributed by atoms with Crippen LogP contribution in [0.4, 0.5) is 18.9 Å². The third-order valence-corrected chi connectivity index (χ3v) is 3.34. The van der Waals surface area contributed by atoms with Gasteiger partial charge in [-0.05, 0) is 18.2 Å². The van der Waals surface area contributed by atoms with Crippen molar-refractivity contribution in [3.63, 3.8) is 0 Å². The van der Waals surface area contributed by atoms with Crippen LogP contribution in [0.25, 0.3) is 0 Å². The Morgan fingerprint density at radius 2 is 1.90 bits per heavy atom. The van der Waals surface area contributed by atoms with Gasteiger partial charge in [0.05, 0.1) is 16.3 Å². The van der Waals surface area contributed by atoms with E-state index in [1.807, 2.05) is 0 Å². The first-order valence-electron chi connectivity index (χ1n) is 5.27. The van der Waals surface area contributed by atoms with Crippen molar-refractivity contribution in [3.05, 3.63) is 44.9 Å². The van der Waals surface area contributed by atoms with E-state index < -0.39 is 17.6 Å². The Hall–Kier alpha value is -1.44. The monoisotopic (exact) mass is 357 g/mol. The number of aromatic amines is 1. The van der Waals surface area contributed by atoms with Gasteiger partial charge in [-0.3, -0.25) is 4.79 Å². The van der Waals surface area contributed by atoms with Crippen LogP contribution >= 0.6 is 34.8 Å². The van der Waals surface area contributed by atoms with Crippen LogP contribution in [0, 0.1) is 0 Å². The molecule has 0 bridgehead atoms. The summed E-state index contributed by atoms with van der Waals surface area (Å²) in [4.78, 5) is 17.9. The number of alkyl halides is 3. The number of nitrogens with one attached hydrogen (secondary N) is 2. The number of carbonyl (C=O) groups is 1. The van der Waals surface area contributed by atoms with Gasteiger partial charge < -0.3 is 10.3 Å². The molecule has 0 spiro atoms. The highest BCUT2D eigenvalue weighted by atomic mass is 35.5. The molecule has 1 amide bonds. The molecule has 0 aliphatic carbocycles. The summed E-state index contributed by atoms with van der Waals surface area (Å²) in [6.45, 7) is 0. The van der Waals surface area contributed by atoms with Gasteiger partial charge in [0.15, 0.2) is 11.0 Å². The fourth-order valence-electron chi connectivity index (χ4n) is 1.41. The standard InChI is InChI=1S/C11H5Cl3F3N3O/c12-5-3-4(11(15,16)17)1-2-6(5)18-10(21)9-19-7(13)8(14)20-9/h1-3H,(H,18,21)(H,19,20). The highest BCUT2D eigenvalue weighted by Crippen LogP contribution is 2.33. The molecule has 0 unspecified atom stereocenters. The molecule has 1 aromatic carbocycles. The number of carbonyl (C=O) groups excluding carboxylic acids is 1. The van der Waals surface area contributed by atoms with Gasteiger partial charge >= 0.3 is 6.18 Å². The van der Waals surface area contributed by atoms with E-state index in [1.54, 1.807) is 0 Å². The Bertz CT molecular complexity index is 680.